The molecule has 4 rings (SSSR count). The van der Waals surface area contributed by atoms with Crippen LogP contribution in [0.2, 0.25) is 0 Å². The van der Waals surface area contributed by atoms with Crippen molar-refractivity contribution in [2.24, 2.45) is 0 Å². The molecule has 2 aromatic rings. The van der Waals surface area contributed by atoms with E-state index in [1.807, 2.05) is 34.9 Å². The molecule has 3 heterocycles. The van der Waals surface area contributed by atoms with Crippen LogP contribution in [0.15, 0.2) is 48.7 Å². The summed E-state index contributed by atoms with van der Waals surface area (Å²) in [6.45, 7) is 4.40. The third-order valence-electron chi connectivity index (χ3n) is 4.99. The number of nitrogens with one attached hydrogen (secondary N) is 1. The smallest absolute Gasteiger partial charge is 0.255 e. The van der Waals surface area contributed by atoms with Crippen LogP contribution in [-0.4, -0.2) is 60.0 Å². The maximum Gasteiger partial charge on any atom is 0.255 e. The number of benzene rings is 1. The molecule has 1 aromatic carbocycles. The molecule has 1 atom stereocenters. The number of carbonyl (C=O) groups excluding carboxylic acids is 1. The number of pyridine rings is 1. The van der Waals surface area contributed by atoms with E-state index >= 15 is 0 Å². The predicted molar refractivity (Wildman–Crippen MR) is 107 cm³/mol. The Balaban J connectivity index is 1.43. The van der Waals surface area contributed by atoms with E-state index in [1.54, 1.807) is 6.20 Å². The highest BCUT2D eigenvalue weighted by atomic mass is 32.2. The normalized spacial score (nSPS) is 20.8. The standard InChI is InChI=1S/C20H24N4OS/c25-20(23-10-12-26-13-11-23)17-6-7-19(22-14-17)24-9-8-21-18(15-24)16-4-2-1-3-5-16/h1-7,14,18,21H,8-13,15H2/t18-/m1/s1. The molecule has 0 radical (unpaired) electrons. The fourth-order valence-electron chi connectivity index (χ4n) is 3.52. The van der Waals surface area contributed by atoms with Crippen LogP contribution >= 0.6 is 11.8 Å². The molecular formula is C20H24N4OS. The summed E-state index contributed by atoms with van der Waals surface area (Å²) in [6, 6.07) is 14.7. The number of thioether (sulfide) groups is 1. The summed E-state index contributed by atoms with van der Waals surface area (Å²) in [6.07, 6.45) is 1.74. The van der Waals surface area contributed by atoms with Gasteiger partial charge in [0.2, 0.25) is 0 Å². The first-order valence-electron chi connectivity index (χ1n) is 9.17. The molecule has 6 heteroatoms. The van der Waals surface area contributed by atoms with E-state index < -0.39 is 0 Å². The monoisotopic (exact) mass is 368 g/mol. The van der Waals surface area contributed by atoms with Crippen LogP contribution in [0.5, 0.6) is 0 Å². The van der Waals surface area contributed by atoms with Gasteiger partial charge in [0.25, 0.3) is 5.91 Å². The zero-order valence-electron chi connectivity index (χ0n) is 14.8. The van der Waals surface area contributed by atoms with Gasteiger partial charge in [0.05, 0.1) is 5.56 Å². The van der Waals surface area contributed by atoms with Crippen molar-refractivity contribution in [3.05, 3.63) is 59.8 Å². The number of aromatic nitrogens is 1. The molecule has 2 aliphatic rings. The largest absolute Gasteiger partial charge is 0.353 e. The summed E-state index contributed by atoms with van der Waals surface area (Å²) in [5, 5.41) is 3.58. The lowest BCUT2D eigenvalue weighted by Crippen LogP contribution is -2.46. The van der Waals surface area contributed by atoms with Crippen molar-refractivity contribution >= 4 is 23.5 Å². The van der Waals surface area contributed by atoms with Gasteiger partial charge < -0.3 is 15.1 Å². The molecule has 136 valence electrons. The molecular weight excluding hydrogens is 344 g/mol. The SMILES string of the molecule is O=C(c1ccc(N2CCN[C@@H](c3ccccc3)C2)nc1)N1CCSCC1. The van der Waals surface area contributed by atoms with Crippen molar-refractivity contribution in [1.82, 2.24) is 15.2 Å². The van der Waals surface area contributed by atoms with Gasteiger partial charge in [0.1, 0.15) is 5.82 Å². The minimum absolute atomic E-state index is 0.104. The second-order valence-electron chi connectivity index (χ2n) is 6.67. The molecule has 0 spiro atoms. The highest BCUT2D eigenvalue weighted by molar-refractivity contribution is 7.99. The second kappa shape index (κ2) is 8.10. The molecule has 1 aromatic heterocycles. The molecule has 0 aliphatic carbocycles. The minimum Gasteiger partial charge on any atom is -0.353 e. The van der Waals surface area contributed by atoms with Gasteiger partial charge in [-0.15, -0.1) is 0 Å². The Morgan fingerprint density at radius 2 is 1.88 bits per heavy atom. The first-order chi connectivity index (χ1) is 12.8. The van der Waals surface area contributed by atoms with E-state index in [1.165, 1.54) is 5.56 Å². The lowest BCUT2D eigenvalue weighted by atomic mass is 10.0. The summed E-state index contributed by atoms with van der Waals surface area (Å²) in [5.41, 5.74) is 1.99. The van der Waals surface area contributed by atoms with Crippen molar-refractivity contribution in [2.45, 2.75) is 6.04 Å². The van der Waals surface area contributed by atoms with E-state index in [9.17, 15) is 4.79 Å². The fourth-order valence-corrected chi connectivity index (χ4v) is 4.42. The maximum atomic E-state index is 12.6. The Morgan fingerprint density at radius 3 is 2.62 bits per heavy atom. The summed E-state index contributed by atoms with van der Waals surface area (Å²) in [7, 11) is 0. The van der Waals surface area contributed by atoms with Gasteiger partial charge >= 0.3 is 0 Å². The number of carbonyl (C=O) groups is 1. The van der Waals surface area contributed by atoms with Crippen molar-refractivity contribution in [3.8, 4) is 0 Å². The van der Waals surface area contributed by atoms with Crippen LogP contribution in [0.25, 0.3) is 0 Å². The molecule has 5 nitrogen and oxygen atoms in total. The number of hydrogen-bond donors (Lipinski definition) is 1. The number of rotatable bonds is 3. The minimum atomic E-state index is 0.104. The van der Waals surface area contributed by atoms with Gasteiger partial charge in [-0.2, -0.15) is 11.8 Å². The van der Waals surface area contributed by atoms with E-state index in [-0.39, 0.29) is 5.91 Å². The van der Waals surface area contributed by atoms with Crippen LogP contribution in [0, 0.1) is 0 Å². The number of anilines is 1. The van der Waals surface area contributed by atoms with E-state index in [2.05, 4.69) is 39.5 Å². The van der Waals surface area contributed by atoms with Crippen LogP contribution in [-0.2, 0) is 0 Å². The summed E-state index contributed by atoms with van der Waals surface area (Å²) in [4.78, 5) is 21.4. The predicted octanol–water partition coefficient (Wildman–Crippen LogP) is 2.42. The van der Waals surface area contributed by atoms with Crippen LogP contribution < -0.4 is 10.2 Å². The van der Waals surface area contributed by atoms with Crippen molar-refractivity contribution in [2.75, 3.05) is 49.1 Å². The lowest BCUT2D eigenvalue weighted by molar-refractivity contribution is 0.0772. The summed E-state index contributed by atoms with van der Waals surface area (Å²) < 4.78 is 0. The average molecular weight is 369 g/mol. The van der Waals surface area contributed by atoms with Crippen LogP contribution in [0.3, 0.4) is 0 Å². The first kappa shape index (κ1) is 17.4. The molecule has 2 fully saturated rings. The highest BCUT2D eigenvalue weighted by Gasteiger charge is 2.23. The van der Waals surface area contributed by atoms with Gasteiger partial charge in [0.15, 0.2) is 0 Å². The van der Waals surface area contributed by atoms with Gasteiger partial charge in [0, 0.05) is 56.5 Å². The van der Waals surface area contributed by atoms with Crippen LogP contribution in [0.4, 0.5) is 5.82 Å². The second-order valence-corrected chi connectivity index (χ2v) is 7.90. The fraction of sp³-hybridized carbons (Fsp3) is 0.400. The van der Waals surface area contributed by atoms with Gasteiger partial charge in [-0.05, 0) is 17.7 Å². The summed E-state index contributed by atoms with van der Waals surface area (Å²) in [5.74, 6) is 3.10. The molecule has 1 N–H and O–H groups in total. The third kappa shape index (κ3) is 3.86. The highest BCUT2D eigenvalue weighted by Crippen LogP contribution is 2.21. The lowest BCUT2D eigenvalue weighted by Gasteiger charge is -2.35. The number of amides is 1. The Kier molecular flexibility index (Phi) is 5.41. The quantitative estimate of drug-likeness (QED) is 0.902. The average Bonchev–Trinajstić information content (AvgIpc) is 2.75. The Bertz CT molecular complexity index is 731. The Morgan fingerprint density at radius 1 is 1.08 bits per heavy atom. The molecule has 0 saturated carbocycles. The zero-order chi connectivity index (χ0) is 17.8. The zero-order valence-corrected chi connectivity index (χ0v) is 15.6. The van der Waals surface area contributed by atoms with Gasteiger partial charge in [-0.3, -0.25) is 4.79 Å². The molecule has 26 heavy (non-hydrogen) atoms. The van der Waals surface area contributed by atoms with E-state index in [0.717, 1.165) is 50.0 Å². The van der Waals surface area contributed by atoms with Gasteiger partial charge in [-0.25, -0.2) is 4.98 Å². The molecule has 0 bridgehead atoms. The Labute approximate surface area is 158 Å². The van der Waals surface area contributed by atoms with Crippen molar-refractivity contribution in [3.63, 3.8) is 0 Å². The molecule has 1 amide bonds. The van der Waals surface area contributed by atoms with Gasteiger partial charge in [-0.1, -0.05) is 30.3 Å². The topological polar surface area (TPSA) is 48.5 Å². The number of piperazine rings is 1. The number of hydrogen-bond acceptors (Lipinski definition) is 5. The Hall–Kier alpha value is -2.05. The first-order valence-corrected chi connectivity index (χ1v) is 10.3. The molecule has 2 saturated heterocycles. The van der Waals surface area contributed by atoms with E-state index in [4.69, 9.17) is 0 Å². The van der Waals surface area contributed by atoms with E-state index in [0.29, 0.717) is 11.6 Å². The van der Waals surface area contributed by atoms with Crippen molar-refractivity contribution in [1.29, 1.82) is 0 Å². The molecule has 0 unspecified atom stereocenters. The summed E-state index contributed by atoms with van der Waals surface area (Å²) >= 11 is 1.91. The third-order valence-corrected chi connectivity index (χ3v) is 5.94. The van der Waals surface area contributed by atoms with Crippen LogP contribution in [0.1, 0.15) is 22.0 Å². The van der Waals surface area contributed by atoms with Crippen molar-refractivity contribution < 1.29 is 4.79 Å². The maximum absolute atomic E-state index is 12.6. The number of nitrogens with zero attached hydrogens (tertiary/aromatic N) is 3. The molecule has 2 aliphatic heterocycles.